The van der Waals surface area contributed by atoms with Crippen LogP contribution in [0.5, 0.6) is 0 Å². The lowest BCUT2D eigenvalue weighted by molar-refractivity contribution is 0.102. The minimum atomic E-state index is -0.445. The normalized spacial score (nSPS) is 10.4. The third-order valence-electron chi connectivity index (χ3n) is 2.92. The SMILES string of the molecule is Nc1nccnc1C(=O)Nc1ccn(Cc2ccncc2)n1. The number of hydrogen-bond donors (Lipinski definition) is 2. The quantitative estimate of drug-likeness (QED) is 0.741. The van der Waals surface area contributed by atoms with Gasteiger partial charge in [0.05, 0.1) is 6.54 Å². The van der Waals surface area contributed by atoms with Gasteiger partial charge < -0.3 is 11.1 Å². The van der Waals surface area contributed by atoms with Crippen LogP contribution in [0, 0.1) is 0 Å². The van der Waals surface area contributed by atoms with Crippen molar-refractivity contribution >= 4 is 17.5 Å². The van der Waals surface area contributed by atoms with Crippen molar-refractivity contribution in [1.29, 1.82) is 0 Å². The molecule has 0 bridgehead atoms. The second-order valence-electron chi connectivity index (χ2n) is 4.50. The van der Waals surface area contributed by atoms with Crippen molar-refractivity contribution in [1.82, 2.24) is 24.7 Å². The van der Waals surface area contributed by atoms with Gasteiger partial charge in [0.2, 0.25) is 0 Å². The average Bonchev–Trinajstić information content (AvgIpc) is 2.95. The predicted octanol–water partition coefficient (Wildman–Crippen LogP) is 0.951. The first-order chi connectivity index (χ1) is 10.7. The van der Waals surface area contributed by atoms with Crippen LogP contribution in [0.3, 0.4) is 0 Å². The summed E-state index contributed by atoms with van der Waals surface area (Å²) in [6.45, 7) is 0.589. The van der Waals surface area contributed by atoms with Crippen LogP contribution < -0.4 is 11.1 Å². The number of nitrogens with zero attached hydrogens (tertiary/aromatic N) is 5. The molecule has 22 heavy (non-hydrogen) atoms. The molecule has 0 unspecified atom stereocenters. The van der Waals surface area contributed by atoms with E-state index in [1.165, 1.54) is 12.4 Å². The van der Waals surface area contributed by atoms with E-state index in [1.54, 1.807) is 29.3 Å². The summed E-state index contributed by atoms with van der Waals surface area (Å²) in [6.07, 6.45) is 8.05. The van der Waals surface area contributed by atoms with E-state index in [1.807, 2.05) is 12.1 Å². The van der Waals surface area contributed by atoms with Crippen molar-refractivity contribution < 1.29 is 4.79 Å². The third-order valence-corrected chi connectivity index (χ3v) is 2.92. The summed E-state index contributed by atoms with van der Waals surface area (Å²) in [5.41, 5.74) is 6.76. The summed E-state index contributed by atoms with van der Waals surface area (Å²) in [4.78, 5) is 23.7. The fraction of sp³-hybridized carbons (Fsp3) is 0.0714. The van der Waals surface area contributed by atoms with Crippen molar-refractivity contribution in [2.45, 2.75) is 6.54 Å². The number of rotatable bonds is 4. The number of pyridine rings is 1. The minimum Gasteiger partial charge on any atom is -0.382 e. The molecule has 8 nitrogen and oxygen atoms in total. The fourth-order valence-corrected chi connectivity index (χ4v) is 1.89. The molecule has 0 aliphatic carbocycles. The van der Waals surface area contributed by atoms with Gasteiger partial charge in [0.15, 0.2) is 17.3 Å². The molecule has 3 aromatic rings. The molecule has 1 amide bonds. The van der Waals surface area contributed by atoms with E-state index >= 15 is 0 Å². The van der Waals surface area contributed by atoms with Gasteiger partial charge >= 0.3 is 0 Å². The highest BCUT2D eigenvalue weighted by Gasteiger charge is 2.13. The summed E-state index contributed by atoms with van der Waals surface area (Å²) in [6, 6.07) is 5.51. The van der Waals surface area contributed by atoms with E-state index in [2.05, 4.69) is 25.4 Å². The summed E-state index contributed by atoms with van der Waals surface area (Å²) in [5, 5.41) is 6.92. The van der Waals surface area contributed by atoms with Crippen LogP contribution in [-0.4, -0.2) is 30.6 Å². The van der Waals surface area contributed by atoms with E-state index in [0.29, 0.717) is 12.4 Å². The molecule has 0 aliphatic rings. The lowest BCUT2D eigenvalue weighted by Crippen LogP contribution is -2.17. The number of nitrogen functional groups attached to an aromatic ring is 1. The summed E-state index contributed by atoms with van der Waals surface area (Å²) < 4.78 is 1.71. The number of aromatic nitrogens is 5. The van der Waals surface area contributed by atoms with Crippen LogP contribution >= 0.6 is 0 Å². The molecule has 3 aromatic heterocycles. The number of amides is 1. The van der Waals surface area contributed by atoms with Crippen LogP contribution in [0.25, 0.3) is 0 Å². The first-order valence-electron chi connectivity index (χ1n) is 6.52. The number of hydrogen-bond acceptors (Lipinski definition) is 6. The van der Waals surface area contributed by atoms with Gasteiger partial charge in [-0.2, -0.15) is 5.10 Å². The maximum atomic E-state index is 12.1. The minimum absolute atomic E-state index is 0.0752. The monoisotopic (exact) mass is 295 g/mol. The van der Waals surface area contributed by atoms with Crippen molar-refractivity contribution in [3.63, 3.8) is 0 Å². The molecule has 3 N–H and O–H groups in total. The van der Waals surface area contributed by atoms with Gasteiger partial charge in [-0.25, -0.2) is 9.97 Å². The molecule has 0 radical (unpaired) electrons. The molecule has 8 heteroatoms. The molecule has 0 aromatic carbocycles. The Hall–Kier alpha value is -3.29. The second kappa shape index (κ2) is 6.00. The largest absolute Gasteiger partial charge is 0.382 e. The van der Waals surface area contributed by atoms with Gasteiger partial charge in [0, 0.05) is 37.1 Å². The van der Waals surface area contributed by atoms with Gasteiger partial charge in [0.25, 0.3) is 5.91 Å². The summed E-state index contributed by atoms with van der Waals surface area (Å²) in [5.74, 6) is 0.0556. The Bertz CT molecular complexity index is 785. The molecule has 0 atom stereocenters. The highest BCUT2D eigenvalue weighted by molar-refractivity contribution is 6.05. The fourth-order valence-electron chi connectivity index (χ4n) is 1.89. The lowest BCUT2D eigenvalue weighted by atomic mass is 10.3. The Morgan fingerprint density at radius 1 is 1.14 bits per heavy atom. The molecule has 110 valence electrons. The van der Waals surface area contributed by atoms with Gasteiger partial charge in [-0.3, -0.25) is 14.5 Å². The van der Waals surface area contributed by atoms with Crippen molar-refractivity contribution in [2.24, 2.45) is 0 Å². The Kier molecular flexibility index (Phi) is 3.73. The van der Waals surface area contributed by atoms with E-state index in [-0.39, 0.29) is 11.5 Å². The first-order valence-corrected chi connectivity index (χ1v) is 6.52. The number of carbonyl (C=O) groups excluding carboxylic acids is 1. The zero-order valence-electron chi connectivity index (χ0n) is 11.5. The van der Waals surface area contributed by atoms with E-state index in [9.17, 15) is 4.79 Å². The van der Waals surface area contributed by atoms with Crippen LogP contribution in [-0.2, 0) is 6.54 Å². The Balaban J connectivity index is 1.69. The Morgan fingerprint density at radius 3 is 2.68 bits per heavy atom. The maximum Gasteiger partial charge on any atom is 0.279 e. The van der Waals surface area contributed by atoms with E-state index in [0.717, 1.165) is 5.56 Å². The topological polar surface area (TPSA) is 112 Å². The van der Waals surface area contributed by atoms with E-state index in [4.69, 9.17) is 5.73 Å². The van der Waals surface area contributed by atoms with Crippen molar-refractivity contribution in [3.05, 3.63) is 60.4 Å². The maximum absolute atomic E-state index is 12.1. The summed E-state index contributed by atoms with van der Waals surface area (Å²) >= 11 is 0. The van der Waals surface area contributed by atoms with Crippen molar-refractivity contribution in [3.8, 4) is 0 Å². The van der Waals surface area contributed by atoms with Gasteiger partial charge in [0.1, 0.15) is 0 Å². The third kappa shape index (κ3) is 3.06. The zero-order chi connectivity index (χ0) is 15.4. The molecule has 0 aliphatic heterocycles. The van der Waals surface area contributed by atoms with E-state index < -0.39 is 5.91 Å². The second-order valence-corrected chi connectivity index (χ2v) is 4.50. The molecule has 3 heterocycles. The summed E-state index contributed by atoms with van der Waals surface area (Å²) in [7, 11) is 0. The average molecular weight is 295 g/mol. The Labute approximate surface area is 126 Å². The number of anilines is 2. The van der Waals surface area contributed by atoms with Crippen LogP contribution in [0.15, 0.2) is 49.2 Å². The molecule has 3 rings (SSSR count). The molecule has 0 saturated carbocycles. The first kappa shape index (κ1) is 13.7. The predicted molar refractivity (Wildman–Crippen MR) is 80.0 cm³/mol. The molecular formula is C14H13N7O. The Morgan fingerprint density at radius 2 is 1.91 bits per heavy atom. The molecular weight excluding hydrogens is 282 g/mol. The van der Waals surface area contributed by atoms with Crippen LogP contribution in [0.4, 0.5) is 11.6 Å². The lowest BCUT2D eigenvalue weighted by Gasteiger charge is -2.03. The molecule has 0 fully saturated rings. The highest BCUT2D eigenvalue weighted by atomic mass is 16.2. The number of nitrogens with two attached hydrogens (primary N) is 1. The standard InChI is InChI=1S/C14H13N7O/c15-13-12(17-6-7-18-13)14(22)19-11-3-8-21(20-11)9-10-1-4-16-5-2-10/h1-8H,9H2,(H2,15,18)(H,19,20,22). The molecule has 0 spiro atoms. The smallest absolute Gasteiger partial charge is 0.279 e. The number of nitrogens with one attached hydrogen (secondary N) is 1. The number of carbonyl (C=O) groups is 1. The van der Waals surface area contributed by atoms with Gasteiger partial charge in [-0.05, 0) is 17.7 Å². The van der Waals surface area contributed by atoms with Gasteiger partial charge in [-0.15, -0.1) is 0 Å². The molecule has 0 saturated heterocycles. The highest BCUT2D eigenvalue weighted by Crippen LogP contribution is 2.09. The zero-order valence-corrected chi connectivity index (χ0v) is 11.5. The van der Waals surface area contributed by atoms with Crippen molar-refractivity contribution in [2.75, 3.05) is 11.1 Å². The van der Waals surface area contributed by atoms with Crippen LogP contribution in [0.2, 0.25) is 0 Å². The van der Waals surface area contributed by atoms with Gasteiger partial charge in [-0.1, -0.05) is 0 Å². The van der Waals surface area contributed by atoms with Crippen LogP contribution in [0.1, 0.15) is 16.1 Å².